The number of nitrogens with zero attached hydrogens (tertiary/aromatic N) is 3. The first-order valence-electron chi connectivity index (χ1n) is 8.15. The van der Waals surface area contributed by atoms with Crippen LogP contribution >= 0.6 is 0 Å². The fourth-order valence-corrected chi connectivity index (χ4v) is 3.06. The summed E-state index contributed by atoms with van der Waals surface area (Å²) in [6.45, 7) is 1.10. The first-order valence-corrected chi connectivity index (χ1v) is 8.15. The average Bonchev–Trinajstić information content (AvgIpc) is 3.30. The maximum absolute atomic E-state index is 12.5. The molecule has 0 radical (unpaired) electrons. The van der Waals surface area contributed by atoms with Gasteiger partial charge < -0.3 is 15.2 Å². The molecule has 0 saturated carbocycles. The minimum absolute atomic E-state index is 0.0578. The summed E-state index contributed by atoms with van der Waals surface area (Å²) >= 11 is 0. The standard InChI is InChI=1S/C18H17N5O2/c24-17(12-4-5-14-16(9-12)21-11-20-14)22-13-6-8-23(10-13)18(25)15-3-1-2-7-19-15/h1-5,7,9,11,13H,6,8,10H2,(H,20,21)(H,22,24)/t13-/m0/s1. The molecular weight excluding hydrogens is 318 g/mol. The molecule has 1 aromatic carbocycles. The molecule has 4 rings (SSSR count). The van der Waals surface area contributed by atoms with E-state index in [9.17, 15) is 9.59 Å². The fraction of sp³-hybridized carbons (Fsp3) is 0.222. The highest BCUT2D eigenvalue weighted by Gasteiger charge is 2.28. The molecule has 1 aliphatic rings. The lowest BCUT2D eigenvalue weighted by atomic mass is 10.1. The van der Waals surface area contributed by atoms with E-state index < -0.39 is 0 Å². The number of benzene rings is 1. The van der Waals surface area contributed by atoms with Crippen LogP contribution in [0.4, 0.5) is 0 Å². The number of amides is 2. The van der Waals surface area contributed by atoms with Crippen LogP contribution in [-0.2, 0) is 0 Å². The Hall–Kier alpha value is -3.22. The molecule has 7 nitrogen and oxygen atoms in total. The number of likely N-dealkylation sites (tertiary alicyclic amines) is 1. The number of aromatic nitrogens is 3. The lowest BCUT2D eigenvalue weighted by Crippen LogP contribution is -2.38. The third kappa shape index (κ3) is 3.08. The van der Waals surface area contributed by atoms with Crippen molar-refractivity contribution in [3.63, 3.8) is 0 Å². The predicted octanol–water partition coefficient (Wildman–Crippen LogP) is 1.60. The van der Waals surface area contributed by atoms with Gasteiger partial charge in [0.15, 0.2) is 0 Å². The summed E-state index contributed by atoms with van der Waals surface area (Å²) in [7, 11) is 0. The van der Waals surface area contributed by atoms with Gasteiger partial charge in [0.05, 0.1) is 17.4 Å². The first-order chi connectivity index (χ1) is 12.2. The van der Waals surface area contributed by atoms with E-state index in [4.69, 9.17) is 0 Å². The summed E-state index contributed by atoms with van der Waals surface area (Å²) in [4.78, 5) is 37.8. The van der Waals surface area contributed by atoms with Crippen molar-refractivity contribution in [1.29, 1.82) is 0 Å². The molecule has 7 heteroatoms. The van der Waals surface area contributed by atoms with Crippen LogP contribution in [0.2, 0.25) is 0 Å². The largest absolute Gasteiger partial charge is 0.347 e. The maximum Gasteiger partial charge on any atom is 0.272 e. The third-order valence-electron chi connectivity index (χ3n) is 4.38. The van der Waals surface area contributed by atoms with Crippen molar-refractivity contribution in [1.82, 2.24) is 25.2 Å². The van der Waals surface area contributed by atoms with Gasteiger partial charge in [-0.15, -0.1) is 0 Å². The van der Waals surface area contributed by atoms with Gasteiger partial charge in [-0.05, 0) is 36.8 Å². The Morgan fingerprint density at radius 1 is 1.20 bits per heavy atom. The molecule has 0 bridgehead atoms. The van der Waals surface area contributed by atoms with Crippen molar-refractivity contribution in [2.75, 3.05) is 13.1 Å². The van der Waals surface area contributed by atoms with E-state index in [0.717, 1.165) is 17.5 Å². The number of pyridine rings is 1. The zero-order valence-corrected chi connectivity index (χ0v) is 13.5. The molecule has 3 heterocycles. The second-order valence-corrected chi connectivity index (χ2v) is 6.06. The highest BCUT2D eigenvalue weighted by Crippen LogP contribution is 2.15. The van der Waals surface area contributed by atoms with E-state index in [1.165, 1.54) is 0 Å². The van der Waals surface area contributed by atoms with Crippen LogP contribution in [-0.4, -0.2) is 50.8 Å². The van der Waals surface area contributed by atoms with E-state index in [2.05, 4.69) is 20.3 Å². The molecule has 1 aliphatic heterocycles. The van der Waals surface area contributed by atoms with Gasteiger partial charge in [-0.1, -0.05) is 6.07 Å². The molecule has 1 saturated heterocycles. The molecule has 0 spiro atoms. The van der Waals surface area contributed by atoms with Gasteiger partial charge in [0.1, 0.15) is 5.69 Å². The van der Waals surface area contributed by atoms with Crippen LogP contribution in [0.15, 0.2) is 48.9 Å². The maximum atomic E-state index is 12.5. The van der Waals surface area contributed by atoms with Crippen LogP contribution in [0.1, 0.15) is 27.3 Å². The van der Waals surface area contributed by atoms with Gasteiger partial charge in [-0.25, -0.2) is 4.98 Å². The van der Waals surface area contributed by atoms with Crippen LogP contribution in [0.5, 0.6) is 0 Å². The van der Waals surface area contributed by atoms with Gasteiger partial charge in [0.25, 0.3) is 11.8 Å². The van der Waals surface area contributed by atoms with E-state index in [1.54, 1.807) is 47.8 Å². The molecule has 1 atom stereocenters. The molecule has 126 valence electrons. The van der Waals surface area contributed by atoms with Crippen LogP contribution in [0, 0.1) is 0 Å². The number of nitrogens with one attached hydrogen (secondary N) is 2. The predicted molar refractivity (Wildman–Crippen MR) is 92.1 cm³/mol. The van der Waals surface area contributed by atoms with E-state index in [-0.39, 0.29) is 17.9 Å². The summed E-state index contributed by atoms with van der Waals surface area (Å²) in [5, 5.41) is 3.00. The Morgan fingerprint density at radius 2 is 2.12 bits per heavy atom. The topological polar surface area (TPSA) is 91.0 Å². The number of rotatable bonds is 3. The number of carbonyl (C=O) groups is 2. The number of fused-ring (bicyclic) bond motifs is 1. The Bertz CT molecular complexity index is 921. The summed E-state index contributed by atoms with van der Waals surface area (Å²) in [5.74, 6) is -0.245. The van der Waals surface area contributed by atoms with E-state index >= 15 is 0 Å². The monoisotopic (exact) mass is 335 g/mol. The fourth-order valence-electron chi connectivity index (χ4n) is 3.06. The first kappa shape index (κ1) is 15.3. The zero-order valence-electron chi connectivity index (χ0n) is 13.5. The summed E-state index contributed by atoms with van der Waals surface area (Å²) in [6, 6.07) is 10.6. The SMILES string of the molecule is O=C(N[C@H]1CCN(C(=O)c2ccccn2)C1)c1ccc2nc[nH]c2c1. The van der Waals surface area contributed by atoms with Crippen LogP contribution < -0.4 is 5.32 Å². The number of hydrogen-bond acceptors (Lipinski definition) is 4. The van der Waals surface area contributed by atoms with Crippen LogP contribution in [0.25, 0.3) is 11.0 Å². The smallest absolute Gasteiger partial charge is 0.272 e. The lowest BCUT2D eigenvalue weighted by molar-refractivity contribution is 0.0777. The van der Waals surface area contributed by atoms with E-state index in [1.807, 2.05) is 6.07 Å². The van der Waals surface area contributed by atoms with Crippen molar-refractivity contribution in [2.45, 2.75) is 12.5 Å². The number of hydrogen-bond donors (Lipinski definition) is 2. The van der Waals surface area contributed by atoms with Crippen molar-refractivity contribution in [3.8, 4) is 0 Å². The van der Waals surface area contributed by atoms with Gasteiger partial charge in [0.2, 0.25) is 0 Å². The van der Waals surface area contributed by atoms with Crippen molar-refractivity contribution < 1.29 is 9.59 Å². The molecular formula is C18H17N5O2. The molecule has 3 aromatic rings. The zero-order chi connectivity index (χ0) is 17.2. The second-order valence-electron chi connectivity index (χ2n) is 6.06. The van der Waals surface area contributed by atoms with Crippen molar-refractivity contribution in [3.05, 3.63) is 60.2 Å². The minimum atomic E-state index is -0.145. The normalized spacial score (nSPS) is 17.0. The Balaban J connectivity index is 1.40. The van der Waals surface area contributed by atoms with Crippen molar-refractivity contribution >= 4 is 22.8 Å². The van der Waals surface area contributed by atoms with Gasteiger partial charge in [-0.2, -0.15) is 0 Å². The number of imidazole rings is 1. The van der Waals surface area contributed by atoms with Crippen LogP contribution in [0.3, 0.4) is 0 Å². The summed E-state index contributed by atoms with van der Waals surface area (Å²) in [5.41, 5.74) is 2.65. The lowest BCUT2D eigenvalue weighted by Gasteiger charge is -2.16. The average molecular weight is 335 g/mol. The Labute approximate surface area is 144 Å². The molecule has 25 heavy (non-hydrogen) atoms. The number of carbonyl (C=O) groups excluding carboxylic acids is 2. The number of H-pyrrole nitrogens is 1. The van der Waals surface area contributed by atoms with Gasteiger partial charge in [0, 0.05) is 30.9 Å². The summed E-state index contributed by atoms with van der Waals surface area (Å²) < 4.78 is 0. The Kier molecular flexibility index (Phi) is 3.89. The quantitative estimate of drug-likeness (QED) is 0.761. The summed E-state index contributed by atoms with van der Waals surface area (Å²) in [6.07, 6.45) is 3.94. The highest BCUT2D eigenvalue weighted by molar-refractivity contribution is 5.97. The molecule has 0 unspecified atom stereocenters. The molecule has 1 fully saturated rings. The van der Waals surface area contributed by atoms with Crippen molar-refractivity contribution in [2.24, 2.45) is 0 Å². The number of aromatic amines is 1. The van der Waals surface area contributed by atoms with Gasteiger partial charge in [-0.3, -0.25) is 14.6 Å². The minimum Gasteiger partial charge on any atom is -0.347 e. The second kappa shape index (κ2) is 6.35. The molecule has 2 N–H and O–H groups in total. The highest BCUT2D eigenvalue weighted by atomic mass is 16.2. The van der Waals surface area contributed by atoms with Gasteiger partial charge >= 0.3 is 0 Å². The molecule has 0 aliphatic carbocycles. The molecule has 2 amide bonds. The molecule has 2 aromatic heterocycles. The third-order valence-corrected chi connectivity index (χ3v) is 4.38. The Morgan fingerprint density at radius 3 is 2.96 bits per heavy atom. The van der Waals surface area contributed by atoms with E-state index in [0.29, 0.717) is 24.3 Å².